The Morgan fingerprint density at radius 1 is 1.21 bits per heavy atom. The summed E-state index contributed by atoms with van der Waals surface area (Å²) in [5.74, 6) is 0.721. The van der Waals surface area contributed by atoms with E-state index in [-0.39, 0.29) is 5.91 Å². The molecule has 1 aromatic rings. The molecular formula is C21H29N3O4. The minimum Gasteiger partial charge on any atom is -0.488 e. The van der Waals surface area contributed by atoms with Gasteiger partial charge in [-0.25, -0.2) is 10.2 Å². The minimum absolute atomic E-state index is 0.130. The lowest BCUT2D eigenvalue weighted by Gasteiger charge is -2.19. The Kier molecular flexibility index (Phi) is 8.04. The molecule has 1 aromatic carbocycles. The highest BCUT2D eigenvalue weighted by Crippen LogP contribution is 2.24. The third kappa shape index (κ3) is 8.24. The molecule has 0 aliphatic carbocycles. The number of alkyl carbamates (subject to hydrolysis) is 1. The number of amides is 2. The Hall–Kier alpha value is -2.83. The summed E-state index contributed by atoms with van der Waals surface area (Å²) in [7, 11) is 0. The fourth-order valence-electron chi connectivity index (χ4n) is 2.54. The number of nitrogens with one attached hydrogen (secondary N) is 2. The summed E-state index contributed by atoms with van der Waals surface area (Å²) in [6.45, 7) is 6.44. The molecule has 0 unspecified atom stereocenters. The van der Waals surface area contributed by atoms with Crippen LogP contribution in [-0.4, -0.2) is 37.0 Å². The number of carbonyl (C=O) groups is 2. The molecule has 1 aliphatic heterocycles. The van der Waals surface area contributed by atoms with Crippen molar-refractivity contribution in [3.8, 4) is 5.75 Å². The van der Waals surface area contributed by atoms with Crippen molar-refractivity contribution in [3.63, 3.8) is 0 Å². The Labute approximate surface area is 166 Å². The van der Waals surface area contributed by atoms with Gasteiger partial charge in [-0.2, -0.15) is 5.10 Å². The van der Waals surface area contributed by atoms with Crippen molar-refractivity contribution in [2.75, 3.05) is 13.2 Å². The Morgan fingerprint density at radius 3 is 2.79 bits per heavy atom. The smallest absolute Gasteiger partial charge is 0.407 e. The molecule has 0 saturated heterocycles. The predicted molar refractivity (Wildman–Crippen MR) is 109 cm³/mol. The molecule has 0 spiro atoms. The van der Waals surface area contributed by atoms with Crippen LogP contribution in [0.15, 0.2) is 34.9 Å². The van der Waals surface area contributed by atoms with Crippen LogP contribution in [0.1, 0.15) is 52.0 Å². The zero-order valence-corrected chi connectivity index (χ0v) is 16.8. The van der Waals surface area contributed by atoms with Gasteiger partial charge in [0.15, 0.2) is 0 Å². The fraction of sp³-hybridized carbons (Fsp3) is 0.476. The van der Waals surface area contributed by atoms with Crippen LogP contribution in [0, 0.1) is 0 Å². The number of hydrogen-bond acceptors (Lipinski definition) is 5. The maximum Gasteiger partial charge on any atom is 0.407 e. The van der Waals surface area contributed by atoms with Gasteiger partial charge in [0, 0.05) is 24.1 Å². The van der Waals surface area contributed by atoms with Crippen molar-refractivity contribution in [2.24, 2.45) is 5.10 Å². The first-order chi connectivity index (χ1) is 13.3. The first-order valence-electron chi connectivity index (χ1n) is 9.55. The number of carbonyl (C=O) groups excluding carboxylic acids is 2. The quantitative estimate of drug-likeness (QED) is 0.405. The molecule has 0 atom stereocenters. The molecule has 0 fully saturated rings. The lowest BCUT2D eigenvalue weighted by atomic mass is 10.1. The summed E-state index contributed by atoms with van der Waals surface area (Å²) in [4.78, 5) is 23.3. The highest BCUT2D eigenvalue weighted by Gasteiger charge is 2.15. The predicted octanol–water partition coefficient (Wildman–Crippen LogP) is 3.65. The molecule has 2 N–H and O–H groups in total. The van der Waals surface area contributed by atoms with Crippen molar-refractivity contribution in [1.29, 1.82) is 0 Å². The summed E-state index contributed by atoms with van der Waals surface area (Å²) in [5, 5.41) is 6.70. The molecule has 7 nitrogen and oxygen atoms in total. The lowest BCUT2D eigenvalue weighted by Crippen LogP contribution is -2.33. The first-order valence-corrected chi connectivity index (χ1v) is 9.55. The monoisotopic (exact) mass is 387 g/mol. The van der Waals surface area contributed by atoms with Crippen LogP contribution in [0.2, 0.25) is 0 Å². The Morgan fingerprint density at radius 2 is 2.00 bits per heavy atom. The van der Waals surface area contributed by atoms with E-state index in [0.717, 1.165) is 36.1 Å². The van der Waals surface area contributed by atoms with E-state index in [2.05, 4.69) is 15.8 Å². The van der Waals surface area contributed by atoms with Crippen molar-refractivity contribution in [3.05, 3.63) is 35.4 Å². The van der Waals surface area contributed by atoms with Crippen LogP contribution in [-0.2, 0) is 9.53 Å². The van der Waals surface area contributed by atoms with Gasteiger partial charge in [-0.3, -0.25) is 4.79 Å². The molecule has 1 heterocycles. The average molecular weight is 387 g/mol. The van der Waals surface area contributed by atoms with Gasteiger partial charge >= 0.3 is 6.09 Å². The van der Waals surface area contributed by atoms with E-state index in [9.17, 15) is 9.59 Å². The molecule has 7 heteroatoms. The van der Waals surface area contributed by atoms with Gasteiger partial charge in [0.05, 0.1) is 6.21 Å². The largest absolute Gasteiger partial charge is 0.488 e. The maximum atomic E-state index is 11.8. The van der Waals surface area contributed by atoms with Crippen molar-refractivity contribution < 1.29 is 19.1 Å². The molecule has 2 rings (SSSR count). The second-order valence-corrected chi connectivity index (χ2v) is 7.58. The number of ether oxygens (including phenoxy) is 2. The third-order valence-corrected chi connectivity index (χ3v) is 3.82. The van der Waals surface area contributed by atoms with Crippen LogP contribution >= 0.6 is 0 Å². The van der Waals surface area contributed by atoms with Crippen LogP contribution in [0.25, 0.3) is 6.08 Å². The van der Waals surface area contributed by atoms with Gasteiger partial charge in [-0.05, 0) is 45.8 Å². The second-order valence-electron chi connectivity index (χ2n) is 7.58. The third-order valence-electron chi connectivity index (χ3n) is 3.82. The van der Waals surface area contributed by atoms with Gasteiger partial charge in [-0.1, -0.05) is 24.6 Å². The summed E-state index contributed by atoms with van der Waals surface area (Å²) in [6, 6.07) is 7.77. The summed E-state index contributed by atoms with van der Waals surface area (Å²) in [6.07, 6.45) is 5.94. The van der Waals surface area contributed by atoms with E-state index in [1.54, 1.807) is 6.21 Å². The molecule has 0 radical (unpaired) electrons. The summed E-state index contributed by atoms with van der Waals surface area (Å²) < 4.78 is 10.8. The molecule has 2 amide bonds. The highest BCUT2D eigenvalue weighted by molar-refractivity contribution is 5.88. The number of benzene rings is 1. The van der Waals surface area contributed by atoms with Gasteiger partial charge in [0.1, 0.15) is 18.0 Å². The van der Waals surface area contributed by atoms with E-state index in [1.165, 1.54) is 0 Å². The molecule has 0 aromatic heterocycles. The van der Waals surface area contributed by atoms with Crippen molar-refractivity contribution in [1.82, 2.24) is 10.7 Å². The number of hydrazone groups is 1. The Balaban J connectivity index is 1.57. The zero-order chi connectivity index (χ0) is 20.4. The molecule has 152 valence electrons. The lowest BCUT2D eigenvalue weighted by molar-refractivity contribution is -0.121. The molecule has 1 aliphatic rings. The van der Waals surface area contributed by atoms with Crippen LogP contribution in [0.4, 0.5) is 4.79 Å². The Bertz CT molecular complexity index is 735. The van der Waals surface area contributed by atoms with Crippen molar-refractivity contribution in [2.45, 2.75) is 52.1 Å². The number of unbranched alkanes of at least 4 members (excludes halogenated alkanes) is 2. The van der Waals surface area contributed by atoms with E-state index in [0.29, 0.717) is 19.6 Å². The maximum absolute atomic E-state index is 11.8. The number of fused-ring (bicyclic) bond motifs is 1. The van der Waals surface area contributed by atoms with Gasteiger partial charge < -0.3 is 14.8 Å². The first kappa shape index (κ1) is 21.5. The van der Waals surface area contributed by atoms with E-state index in [1.807, 2.05) is 51.1 Å². The number of rotatable bonds is 8. The number of hydrogen-bond donors (Lipinski definition) is 2. The standard InChI is InChI=1S/C21H29N3O4/c1-21(2,3)28-20(26)22-12-8-4-5-11-19(25)24-23-14-16-13-17-9-6-7-10-18(17)27-15-16/h6-7,9-10,13-14H,4-5,8,11-12,15H2,1-3H3,(H,22,26)(H,24,25)/b23-14-. The van der Waals surface area contributed by atoms with E-state index in [4.69, 9.17) is 9.47 Å². The normalized spacial score (nSPS) is 13.3. The molecule has 0 bridgehead atoms. The molecule has 0 saturated carbocycles. The topological polar surface area (TPSA) is 89.0 Å². The highest BCUT2D eigenvalue weighted by atomic mass is 16.6. The second kappa shape index (κ2) is 10.5. The van der Waals surface area contributed by atoms with Crippen molar-refractivity contribution >= 4 is 24.3 Å². The summed E-state index contributed by atoms with van der Waals surface area (Å²) in [5.41, 5.74) is 3.94. The summed E-state index contributed by atoms with van der Waals surface area (Å²) >= 11 is 0. The average Bonchev–Trinajstić information content (AvgIpc) is 2.63. The number of nitrogens with zero attached hydrogens (tertiary/aromatic N) is 1. The molecule has 28 heavy (non-hydrogen) atoms. The van der Waals surface area contributed by atoms with Crippen LogP contribution in [0.5, 0.6) is 5.75 Å². The van der Waals surface area contributed by atoms with Gasteiger partial charge in [0.2, 0.25) is 5.91 Å². The van der Waals surface area contributed by atoms with Gasteiger partial charge in [-0.15, -0.1) is 0 Å². The minimum atomic E-state index is -0.494. The van der Waals surface area contributed by atoms with Crippen LogP contribution < -0.4 is 15.5 Å². The van der Waals surface area contributed by atoms with Gasteiger partial charge in [0.25, 0.3) is 0 Å². The SMILES string of the molecule is CC(C)(C)OC(=O)NCCCCCC(=O)N/N=C\C1=Cc2ccccc2OC1. The van der Waals surface area contributed by atoms with E-state index < -0.39 is 11.7 Å². The fourth-order valence-corrected chi connectivity index (χ4v) is 2.54. The number of para-hydroxylation sites is 1. The van der Waals surface area contributed by atoms with E-state index >= 15 is 0 Å². The zero-order valence-electron chi connectivity index (χ0n) is 16.8. The molecular weight excluding hydrogens is 358 g/mol. The van der Waals surface area contributed by atoms with Crippen LogP contribution in [0.3, 0.4) is 0 Å².